The Balaban J connectivity index is 2.67. The molecule has 0 amide bonds. The fraction of sp³-hybridized carbons (Fsp3) is 0.308. The predicted octanol–water partition coefficient (Wildman–Crippen LogP) is 2.30. The van der Waals surface area contributed by atoms with Crippen molar-refractivity contribution in [1.82, 2.24) is 9.78 Å². The molecule has 0 saturated carbocycles. The Hall–Kier alpha value is -1.68. The number of nitrogens with zero attached hydrogens (tertiary/aromatic N) is 2. The zero-order chi connectivity index (χ0) is 12.6. The number of aromatic nitrogens is 2. The Morgan fingerprint density at radius 2 is 2.06 bits per heavy atom. The van der Waals surface area contributed by atoms with E-state index in [1.54, 1.807) is 16.8 Å². The molecule has 3 nitrogen and oxygen atoms in total. The summed E-state index contributed by atoms with van der Waals surface area (Å²) < 4.78 is 15.6. The molecule has 4 heteroatoms. The van der Waals surface area contributed by atoms with Crippen LogP contribution in [0.3, 0.4) is 0 Å². The van der Waals surface area contributed by atoms with E-state index in [1.807, 2.05) is 20.9 Å². The van der Waals surface area contributed by atoms with E-state index in [-0.39, 0.29) is 5.82 Å². The summed E-state index contributed by atoms with van der Waals surface area (Å²) in [7, 11) is 1.86. The Kier molecular flexibility index (Phi) is 2.98. The molecule has 1 aromatic carbocycles. The normalized spacial score (nSPS) is 10.9. The van der Waals surface area contributed by atoms with Crippen molar-refractivity contribution in [3.05, 3.63) is 41.0 Å². The van der Waals surface area contributed by atoms with Crippen molar-refractivity contribution in [1.29, 1.82) is 0 Å². The molecule has 90 valence electrons. The lowest BCUT2D eigenvalue weighted by Gasteiger charge is -2.06. The molecule has 0 aliphatic rings. The van der Waals surface area contributed by atoms with Crippen molar-refractivity contribution < 1.29 is 4.39 Å². The van der Waals surface area contributed by atoms with E-state index in [1.165, 1.54) is 6.07 Å². The molecule has 0 unspecified atom stereocenters. The second kappa shape index (κ2) is 4.30. The number of benzene rings is 1. The molecule has 0 saturated heterocycles. The standard InChI is InChI=1S/C13H16FN3/c1-8-13(9(2)17(3)16-8)11-6-10(7-15)4-5-12(11)14/h4-6H,7,15H2,1-3H3. The molecule has 0 aliphatic carbocycles. The number of hydrogen-bond donors (Lipinski definition) is 1. The fourth-order valence-electron chi connectivity index (χ4n) is 2.05. The summed E-state index contributed by atoms with van der Waals surface area (Å²) >= 11 is 0. The van der Waals surface area contributed by atoms with Gasteiger partial charge in [-0.05, 0) is 31.5 Å². The molecule has 2 N–H and O–H groups in total. The third-order valence-electron chi connectivity index (χ3n) is 3.04. The Labute approximate surface area is 100 Å². The molecule has 17 heavy (non-hydrogen) atoms. The van der Waals surface area contributed by atoms with Gasteiger partial charge < -0.3 is 5.73 Å². The highest BCUT2D eigenvalue weighted by molar-refractivity contribution is 5.69. The number of rotatable bonds is 2. The van der Waals surface area contributed by atoms with Gasteiger partial charge in [-0.1, -0.05) is 6.07 Å². The minimum absolute atomic E-state index is 0.235. The van der Waals surface area contributed by atoms with E-state index in [0.29, 0.717) is 12.1 Å². The van der Waals surface area contributed by atoms with Crippen LogP contribution in [-0.4, -0.2) is 9.78 Å². The first-order chi connectivity index (χ1) is 8.04. The van der Waals surface area contributed by atoms with Gasteiger partial charge in [-0.25, -0.2) is 4.39 Å². The largest absolute Gasteiger partial charge is 0.326 e. The topological polar surface area (TPSA) is 43.8 Å². The van der Waals surface area contributed by atoms with Crippen molar-refractivity contribution >= 4 is 0 Å². The van der Waals surface area contributed by atoms with Gasteiger partial charge in [-0.3, -0.25) is 4.68 Å². The van der Waals surface area contributed by atoms with E-state index in [2.05, 4.69) is 5.10 Å². The van der Waals surface area contributed by atoms with Gasteiger partial charge in [0.1, 0.15) is 5.82 Å². The second-order valence-corrected chi connectivity index (χ2v) is 4.19. The first-order valence-electron chi connectivity index (χ1n) is 5.53. The van der Waals surface area contributed by atoms with Gasteiger partial charge >= 0.3 is 0 Å². The Bertz CT molecular complexity index is 558. The van der Waals surface area contributed by atoms with Crippen LogP contribution in [0.2, 0.25) is 0 Å². The molecule has 2 aromatic rings. The second-order valence-electron chi connectivity index (χ2n) is 4.19. The van der Waals surface area contributed by atoms with Gasteiger partial charge in [0.15, 0.2) is 0 Å². The van der Waals surface area contributed by atoms with Gasteiger partial charge in [0.05, 0.1) is 5.69 Å². The van der Waals surface area contributed by atoms with Crippen molar-refractivity contribution in [2.45, 2.75) is 20.4 Å². The zero-order valence-corrected chi connectivity index (χ0v) is 10.3. The van der Waals surface area contributed by atoms with E-state index < -0.39 is 0 Å². The van der Waals surface area contributed by atoms with Gasteiger partial charge in [0.2, 0.25) is 0 Å². The molecule has 0 aliphatic heterocycles. The minimum Gasteiger partial charge on any atom is -0.326 e. The minimum atomic E-state index is -0.235. The van der Waals surface area contributed by atoms with Crippen molar-refractivity contribution in [3.8, 4) is 11.1 Å². The van der Waals surface area contributed by atoms with Crippen LogP contribution in [0.1, 0.15) is 17.0 Å². The molecule has 0 bridgehead atoms. The van der Waals surface area contributed by atoms with Gasteiger partial charge in [0.25, 0.3) is 0 Å². The summed E-state index contributed by atoms with van der Waals surface area (Å²) in [4.78, 5) is 0. The summed E-state index contributed by atoms with van der Waals surface area (Å²) in [5.74, 6) is -0.235. The highest BCUT2D eigenvalue weighted by Crippen LogP contribution is 2.29. The first kappa shape index (κ1) is 11.8. The van der Waals surface area contributed by atoms with Gasteiger partial charge in [-0.2, -0.15) is 5.10 Å². The highest BCUT2D eigenvalue weighted by Gasteiger charge is 2.15. The zero-order valence-electron chi connectivity index (χ0n) is 10.3. The maximum atomic E-state index is 13.9. The molecule has 1 aromatic heterocycles. The molecular weight excluding hydrogens is 217 g/mol. The van der Waals surface area contributed by atoms with E-state index in [9.17, 15) is 4.39 Å². The maximum Gasteiger partial charge on any atom is 0.131 e. The van der Waals surface area contributed by atoms with Crippen molar-refractivity contribution in [3.63, 3.8) is 0 Å². The van der Waals surface area contributed by atoms with Crippen LogP contribution in [0.5, 0.6) is 0 Å². The summed E-state index contributed by atoms with van der Waals surface area (Å²) in [5.41, 5.74) is 9.73. The van der Waals surface area contributed by atoms with E-state index in [0.717, 1.165) is 22.5 Å². The van der Waals surface area contributed by atoms with Crippen LogP contribution in [0, 0.1) is 19.7 Å². The molecule has 2 rings (SSSR count). The molecule has 0 fully saturated rings. The number of nitrogens with two attached hydrogens (primary N) is 1. The average Bonchev–Trinajstić information content (AvgIpc) is 2.55. The van der Waals surface area contributed by atoms with Crippen LogP contribution in [0.15, 0.2) is 18.2 Å². The molecular formula is C13H16FN3. The smallest absolute Gasteiger partial charge is 0.131 e. The van der Waals surface area contributed by atoms with Crippen molar-refractivity contribution in [2.24, 2.45) is 12.8 Å². The SMILES string of the molecule is Cc1nn(C)c(C)c1-c1cc(CN)ccc1F. The molecule has 1 heterocycles. The average molecular weight is 233 g/mol. The van der Waals surface area contributed by atoms with Crippen LogP contribution in [0.4, 0.5) is 4.39 Å². The highest BCUT2D eigenvalue weighted by atomic mass is 19.1. The summed E-state index contributed by atoms with van der Waals surface area (Å²) in [6, 6.07) is 4.97. The van der Waals surface area contributed by atoms with Gasteiger partial charge in [0, 0.05) is 30.4 Å². The summed E-state index contributed by atoms with van der Waals surface area (Å²) in [6.07, 6.45) is 0. The molecule has 0 spiro atoms. The number of halogens is 1. The van der Waals surface area contributed by atoms with Crippen LogP contribution >= 0.6 is 0 Å². The van der Waals surface area contributed by atoms with Crippen LogP contribution in [-0.2, 0) is 13.6 Å². The maximum absolute atomic E-state index is 13.9. The predicted molar refractivity (Wildman–Crippen MR) is 66.0 cm³/mol. The lowest BCUT2D eigenvalue weighted by atomic mass is 10.0. The first-order valence-corrected chi connectivity index (χ1v) is 5.53. The van der Waals surface area contributed by atoms with E-state index in [4.69, 9.17) is 5.73 Å². The van der Waals surface area contributed by atoms with Crippen LogP contribution < -0.4 is 5.73 Å². The summed E-state index contributed by atoms with van der Waals surface area (Å²) in [6.45, 7) is 4.23. The molecule has 0 atom stereocenters. The van der Waals surface area contributed by atoms with Crippen molar-refractivity contribution in [2.75, 3.05) is 0 Å². The Morgan fingerprint density at radius 1 is 1.35 bits per heavy atom. The third kappa shape index (κ3) is 1.96. The third-order valence-corrected chi connectivity index (χ3v) is 3.04. The fourth-order valence-corrected chi connectivity index (χ4v) is 2.05. The summed E-state index contributed by atoms with van der Waals surface area (Å²) in [5, 5.41) is 4.30. The monoisotopic (exact) mass is 233 g/mol. The van der Waals surface area contributed by atoms with Gasteiger partial charge in [-0.15, -0.1) is 0 Å². The number of aryl methyl sites for hydroxylation is 2. The molecule has 0 radical (unpaired) electrons. The lowest BCUT2D eigenvalue weighted by Crippen LogP contribution is -1.98. The Morgan fingerprint density at radius 3 is 2.59 bits per heavy atom. The van der Waals surface area contributed by atoms with Crippen LogP contribution in [0.25, 0.3) is 11.1 Å². The number of hydrogen-bond acceptors (Lipinski definition) is 2. The lowest BCUT2D eigenvalue weighted by molar-refractivity contribution is 0.630. The van der Waals surface area contributed by atoms with E-state index >= 15 is 0 Å². The quantitative estimate of drug-likeness (QED) is 0.865.